The van der Waals surface area contributed by atoms with Gasteiger partial charge in [-0.1, -0.05) is 30.3 Å². The van der Waals surface area contributed by atoms with Crippen molar-refractivity contribution in [3.8, 4) is 23.0 Å². The van der Waals surface area contributed by atoms with Crippen LogP contribution < -0.4 is 19.6 Å². The first-order valence-electron chi connectivity index (χ1n) is 9.63. The molecule has 3 aromatic carbocycles. The second-order valence-electron chi connectivity index (χ2n) is 6.88. The van der Waals surface area contributed by atoms with Gasteiger partial charge in [0.2, 0.25) is 11.2 Å². The molecule has 1 aromatic heterocycles. The summed E-state index contributed by atoms with van der Waals surface area (Å²) in [5.41, 5.74) is -0.477. The van der Waals surface area contributed by atoms with Crippen molar-refractivity contribution < 1.29 is 31.8 Å². The van der Waals surface area contributed by atoms with E-state index < -0.39 is 23.1 Å². The lowest BCUT2D eigenvalue weighted by Gasteiger charge is -2.14. The summed E-state index contributed by atoms with van der Waals surface area (Å²) in [5, 5.41) is -0.0744. The Bertz CT molecular complexity index is 1360. The summed E-state index contributed by atoms with van der Waals surface area (Å²) < 4.78 is 63.0. The summed E-state index contributed by atoms with van der Waals surface area (Å²) in [5.74, 6) is -1.59. The largest absolute Gasteiger partial charge is 0.496 e. The summed E-state index contributed by atoms with van der Waals surface area (Å²) >= 11 is 3.19. The summed E-state index contributed by atoms with van der Waals surface area (Å²) in [6.07, 6.45) is -4.96. The molecule has 9 heteroatoms. The molecule has 4 aromatic rings. The summed E-state index contributed by atoms with van der Waals surface area (Å²) in [4.78, 5) is 12.9. The van der Waals surface area contributed by atoms with Gasteiger partial charge < -0.3 is 18.6 Å². The van der Waals surface area contributed by atoms with Gasteiger partial charge in [-0.15, -0.1) is 0 Å². The van der Waals surface area contributed by atoms with E-state index in [1.165, 1.54) is 31.4 Å². The fourth-order valence-electron chi connectivity index (χ4n) is 3.15. The molecule has 0 aliphatic rings. The first-order chi connectivity index (χ1) is 15.8. The molecule has 0 amide bonds. The first-order valence-corrected chi connectivity index (χ1v) is 10.4. The Hall–Kier alpha value is -3.46. The maximum Gasteiger partial charge on any atom is 0.453 e. The van der Waals surface area contributed by atoms with Crippen LogP contribution in [-0.4, -0.2) is 7.11 Å². The Labute approximate surface area is 194 Å². The van der Waals surface area contributed by atoms with Crippen LogP contribution in [-0.2, 0) is 12.8 Å². The van der Waals surface area contributed by atoms with Gasteiger partial charge in [0.25, 0.3) is 5.76 Å². The van der Waals surface area contributed by atoms with E-state index in [0.29, 0.717) is 10.2 Å². The third kappa shape index (κ3) is 4.83. The zero-order chi connectivity index (χ0) is 23.6. The fourth-order valence-corrected chi connectivity index (χ4v) is 3.51. The van der Waals surface area contributed by atoms with Crippen molar-refractivity contribution >= 4 is 26.9 Å². The average Bonchev–Trinajstić information content (AvgIpc) is 2.80. The van der Waals surface area contributed by atoms with Gasteiger partial charge in [-0.25, -0.2) is 0 Å². The summed E-state index contributed by atoms with van der Waals surface area (Å²) in [6.45, 7) is 0.106. The molecule has 4 rings (SSSR count). The fraction of sp³-hybridized carbons (Fsp3) is 0.125. The molecule has 0 atom stereocenters. The molecule has 0 saturated heterocycles. The van der Waals surface area contributed by atoms with E-state index in [4.69, 9.17) is 18.6 Å². The highest BCUT2D eigenvalue weighted by Crippen LogP contribution is 2.40. The molecule has 0 aliphatic carbocycles. The van der Waals surface area contributed by atoms with E-state index in [-0.39, 0.29) is 29.1 Å². The second-order valence-corrected chi connectivity index (χ2v) is 7.73. The first kappa shape index (κ1) is 22.7. The van der Waals surface area contributed by atoms with Gasteiger partial charge in [-0.05, 0) is 46.3 Å². The SMILES string of the molecule is COc1ccccc1COc1ccc2c(=O)c(Oc3ccccc3Br)c(C(F)(F)F)oc2c1. The van der Waals surface area contributed by atoms with Crippen molar-refractivity contribution in [3.63, 3.8) is 0 Å². The van der Waals surface area contributed by atoms with Gasteiger partial charge in [0.1, 0.15) is 29.4 Å². The normalized spacial score (nSPS) is 11.4. The third-order valence-electron chi connectivity index (χ3n) is 4.72. The van der Waals surface area contributed by atoms with Crippen LogP contribution in [0.4, 0.5) is 13.2 Å². The average molecular weight is 521 g/mol. The molecule has 0 spiro atoms. The maximum absolute atomic E-state index is 13.7. The number of rotatable bonds is 6. The molecule has 0 radical (unpaired) electrons. The number of fused-ring (bicyclic) bond motifs is 1. The molecule has 1 heterocycles. The lowest BCUT2D eigenvalue weighted by Crippen LogP contribution is -2.15. The van der Waals surface area contributed by atoms with Crippen LogP contribution in [0.1, 0.15) is 11.3 Å². The van der Waals surface area contributed by atoms with Crippen molar-refractivity contribution in [1.82, 2.24) is 0 Å². The van der Waals surface area contributed by atoms with Crippen LogP contribution >= 0.6 is 15.9 Å². The Morgan fingerprint density at radius 1 is 0.970 bits per heavy atom. The van der Waals surface area contributed by atoms with Crippen molar-refractivity contribution in [2.75, 3.05) is 7.11 Å². The molecule has 0 N–H and O–H groups in total. The lowest BCUT2D eigenvalue weighted by atomic mass is 10.2. The van der Waals surface area contributed by atoms with Crippen LogP contribution in [0.15, 0.2) is 80.4 Å². The van der Waals surface area contributed by atoms with Crippen molar-refractivity contribution in [1.29, 1.82) is 0 Å². The molecule has 5 nitrogen and oxygen atoms in total. The number of ether oxygens (including phenoxy) is 3. The topological polar surface area (TPSA) is 57.9 Å². The molecule has 0 bridgehead atoms. The lowest BCUT2D eigenvalue weighted by molar-refractivity contribution is -0.154. The van der Waals surface area contributed by atoms with Gasteiger partial charge in [-0.3, -0.25) is 4.79 Å². The van der Waals surface area contributed by atoms with E-state index in [1.54, 1.807) is 36.4 Å². The number of benzene rings is 3. The number of hydrogen-bond donors (Lipinski definition) is 0. The van der Waals surface area contributed by atoms with Gasteiger partial charge in [0.15, 0.2) is 0 Å². The number of hydrogen-bond acceptors (Lipinski definition) is 5. The van der Waals surface area contributed by atoms with Crippen LogP contribution in [0.3, 0.4) is 0 Å². The minimum absolute atomic E-state index is 0.0476. The molecular weight excluding hydrogens is 505 g/mol. The molecule has 0 unspecified atom stereocenters. The van der Waals surface area contributed by atoms with Gasteiger partial charge in [-0.2, -0.15) is 13.2 Å². The smallest absolute Gasteiger partial charge is 0.453 e. The van der Waals surface area contributed by atoms with Gasteiger partial charge in [0, 0.05) is 11.6 Å². The number of methoxy groups -OCH3 is 1. The van der Waals surface area contributed by atoms with Crippen LogP contribution in [0.2, 0.25) is 0 Å². The molecular formula is C24H16BrF3O5. The van der Waals surface area contributed by atoms with E-state index in [1.807, 2.05) is 6.07 Å². The highest BCUT2D eigenvalue weighted by Gasteiger charge is 2.40. The van der Waals surface area contributed by atoms with Crippen LogP contribution in [0.25, 0.3) is 11.0 Å². The highest BCUT2D eigenvalue weighted by molar-refractivity contribution is 9.10. The summed E-state index contributed by atoms with van der Waals surface area (Å²) in [7, 11) is 1.52. The molecule has 33 heavy (non-hydrogen) atoms. The van der Waals surface area contributed by atoms with E-state index in [2.05, 4.69) is 15.9 Å². The molecule has 170 valence electrons. The van der Waals surface area contributed by atoms with E-state index >= 15 is 0 Å². The maximum atomic E-state index is 13.7. The standard InChI is InChI=1S/C24H16BrF3O5/c1-30-18-8-4-2-6-14(18)13-31-15-10-11-16-20(12-15)33-23(24(26,27)28)22(21(16)29)32-19-9-5-3-7-17(19)25/h2-12H,13H2,1H3. The minimum atomic E-state index is -4.96. The minimum Gasteiger partial charge on any atom is -0.496 e. The quantitative estimate of drug-likeness (QED) is 0.275. The second kappa shape index (κ2) is 9.19. The van der Waals surface area contributed by atoms with Crippen molar-refractivity contribution in [2.24, 2.45) is 0 Å². The third-order valence-corrected chi connectivity index (χ3v) is 5.37. The molecule has 0 aliphatic heterocycles. The number of alkyl halides is 3. The van der Waals surface area contributed by atoms with Gasteiger partial charge >= 0.3 is 6.18 Å². The summed E-state index contributed by atoms with van der Waals surface area (Å²) in [6, 6.07) is 17.5. The zero-order valence-electron chi connectivity index (χ0n) is 17.1. The van der Waals surface area contributed by atoms with Crippen molar-refractivity contribution in [2.45, 2.75) is 12.8 Å². The van der Waals surface area contributed by atoms with Gasteiger partial charge in [0.05, 0.1) is 17.0 Å². The Kier molecular flexibility index (Phi) is 6.33. The van der Waals surface area contributed by atoms with E-state index in [9.17, 15) is 18.0 Å². The number of halogens is 4. The van der Waals surface area contributed by atoms with Crippen LogP contribution in [0, 0.1) is 0 Å². The number of para-hydroxylation sites is 2. The molecule has 0 fully saturated rings. The van der Waals surface area contributed by atoms with Crippen LogP contribution in [0.5, 0.6) is 23.0 Å². The predicted octanol–water partition coefficient (Wildman–Crippen LogP) is 6.95. The Morgan fingerprint density at radius 2 is 1.67 bits per heavy atom. The highest BCUT2D eigenvalue weighted by atomic mass is 79.9. The predicted molar refractivity (Wildman–Crippen MR) is 119 cm³/mol. The molecule has 0 saturated carbocycles. The van der Waals surface area contributed by atoms with Crippen molar-refractivity contribution in [3.05, 3.63) is 92.7 Å². The Morgan fingerprint density at radius 3 is 2.36 bits per heavy atom. The van der Waals surface area contributed by atoms with E-state index in [0.717, 1.165) is 5.56 Å². The Balaban J connectivity index is 1.73. The zero-order valence-corrected chi connectivity index (χ0v) is 18.7. The monoisotopic (exact) mass is 520 g/mol.